The summed E-state index contributed by atoms with van der Waals surface area (Å²) in [4.78, 5) is 0. The predicted molar refractivity (Wildman–Crippen MR) is 42.7 cm³/mol. The van der Waals surface area contributed by atoms with Gasteiger partial charge in [0.15, 0.2) is 0 Å². The number of hydrogen-bond acceptors (Lipinski definition) is 4. The molecule has 1 rings (SSSR count). The third kappa shape index (κ3) is 1.73. The van der Waals surface area contributed by atoms with Crippen LogP contribution in [0.1, 0.15) is 11.1 Å². The van der Waals surface area contributed by atoms with Gasteiger partial charge < -0.3 is 15.4 Å². The van der Waals surface area contributed by atoms with Crippen LogP contribution in [-0.2, 0) is 13.2 Å². The molecule has 4 heteroatoms. The van der Waals surface area contributed by atoms with Gasteiger partial charge in [0, 0.05) is 17.7 Å². The lowest BCUT2D eigenvalue weighted by molar-refractivity contribution is 0.160. The molecule has 0 aliphatic carbocycles. The molecule has 1 aromatic carbocycles. The van der Waals surface area contributed by atoms with Crippen LogP contribution in [0.25, 0.3) is 0 Å². The van der Waals surface area contributed by atoms with Crippen LogP contribution < -0.4 is 5.48 Å². The quantitative estimate of drug-likeness (QED) is 0.493. The maximum Gasteiger partial charge on any atom is 0.125 e. The summed E-state index contributed by atoms with van der Waals surface area (Å²) in [5.41, 5.74) is 2.95. The second kappa shape index (κ2) is 4.06. The van der Waals surface area contributed by atoms with E-state index in [2.05, 4.69) is 0 Å². The van der Waals surface area contributed by atoms with E-state index in [4.69, 9.17) is 10.3 Å². The van der Waals surface area contributed by atoms with Crippen LogP contribution in [0.2, 0.25) is 0 Å². The van der Waals surface area contributed by atoms with E-state index in [0.717, 1.165) is 0 Å². The van der Waals surface area contributed by atoms with Gasteiger partial charge in [0.2, 0.25) is 0 Å². The molecule has 0 saturated heterocycles. The molecular formula is C8H11NO3. The van der Waals surface area contributed by atoms with Gasteiger partial charge in [-0.05, 0) is 0 Å². The van der Waals surface area contributed by atoms with Crippen molar-refractivity contribution in [3.63, 3.8) is 0 Å². The van der Waals surface area contributed by atoms with Gasteiger partial charge in [-0.15, -0.1) is 0 Å². The predicted octanol–water partition coefficient (Wildman–Crippen LogP) is 0.363. The lowest BCUT2D eigenvalue weighted by Crippen LogP contribution is -2.06. The number of rotatable bonds is 3. The summed E-state index contributed by atoms with van der Waals surface area (Å²) in [6, 6.07) is 4.99. The highest BCUT2D eigenvalue weighted by Crippen LogP contribution is 2.21. The van der Waals surface area contributed by atoms with E-state index >= 15 is 0 Å². The van der Waals surface area contributed by atoms with Gasteiger partial charge in [-0.3, -0.25) is 0 Å². The first-order valence-electron chi connectivity index (χ1n) is 3.57. The monoisotopic (exact) mass is 169 g/mol. The Balaban J connectivity index is 2.97. The number of nitrogens with one attached hydrogen (secondary N) is 1. The molecule has 0 spiro atoms. The summed E-state index contributed by atoms with van der Waals surface area (Å²) in [6.45, 7) is -0.0369. The molecule has 0 aliphatic rings. The first-order valence-corrected chi connectivity index (χ1v) is 3.57. The first kappa shape index (κ1) is 8.99. The fourth-order valence-corrected chi connectivity index (χ4v) is 1.000. The van der Waals surface area contributed by atoms with Crippen LogP contribution >= 0.6 is 0 Å². The molecule has 66 valence electrons. The molecule has 0 heterocycles. The Morgan fingerprint density at radius 1 is 1.25 bits per heavy atom. The number of hydroxylamine groups is 1. The standard InChI is InChI=1S/C8H11NO3/c10-5-7-3-1-2-6(4-9-12)8(7)11/h1-3,9-12H,4-5H2. The Morgan fingerprint density at radius 3 is 2.50 bits per heavy atom. The lowest BCUT2D eigenvalue weighted by atomic mass is 10.1. The highest BCUT2D eigenvalue weighted by Gasteiger charge is 2.04. The van der Waals surface area contributed by atoms with Crippen LogP contribution in [0.15, 0.2) is 18.2 Å². The van der Waals surface area contributed by atoms with Crippen LogP contribution in [0.5, 0.6) is 5.75 Å². The molecule has 0 unspecified atom stereocenters. The second-order valence-electron chi connectivity index (χ2n) is 2.42. The molecule has 0 bridgehead atoms. The summed E-state index contributed by atoms with van der Waals surface area (Å²) < 4.78 is 0. The minimum Gasteiger partial charge on any atom is -0.507 e. The molecule has 0 aromatic heterocycles. The van der Waals surface area contributed by atoms with E-state index in [1.165, 1.54) is 0 Å². The van der Waals surface area contributed by atoms with Crippen molar-refractivity contribution < 1.29 is 15.4 Å². The van der Waals surface area contributed by atoms with Crippen LogP contribution in [-0.4, -0.2) is 15.4 Å². The molecule has 0 atom stereocenters. The minimum atomic E-state index is -0.203. The van der Waals surface area contributed by atoms with E-state index in [1.807, 2.05) is 5.48 Å². The molecule has 0 saturated carbocycles. The second-order valence-corrected chi connectivity index (χ2v) is 2.42. The third-order valence-corrected chi connectivity index (χ3v) is 1.64. The highest BCUT2D eigenvalue weighted by atomic mass is 16.5. The Bertz CT molecular complexity index is 262. The molecule has 0 amide bonds. The molecule has 0 radical (unpaired) electrons. The zero-order valence-corrected chi connectivity index (χ0v) is 6.49. The molecular weight excluding hydrogens is 158 g/mol. The zero-order valence-electron chi connectivity index (χ0n) is 6.49. The van der Waals surface area contributed by atoms with Gasteiger partial charge >= 0.3 is 0 Å². The number of para-hydroxylation sites is 1. The van der Waals surface area contributed by atoms with Crippen molar-refractivity contribution in [3.8, 4) is 5.75 Å². The van der Waals surface area contributed by atoms with Crippen molar-refractivity contribution >= 4 is 0 Å². The largest absolute Gasteiger partial charge is 0.507 e. The van der Waals surface area contributed by atoms with E-state index in [1.54, 1.807) is 18.2 Å². The Kier molecular flexibility index (Phi) is 3.04. The van der Waals surface area contributed by atoms with Gasteiger partial charge in [0.05, 0.1) is 6.61 Å². The van der Waals surface area contributed by atoms with Gasteiger partial charge in [0.25, 0.3) is 0 Å². The summed E-state index contributed by atoms with van der Waals surface area (Å²) in [5, 5.41) is 26.6. The van der Waals surface area contributed by atoms with Crippen LogP contribution in [0.3, 0.4) is 0 Å². The Morgan fingerprint density at radius 2 is 1.92 bits per heavy atom. The van der Waals surface area contributed by atoms with Crippen molar-refractivity contribution in [1.82, 2.24) is 5.48 Å². The summed E-state index contributed by atoms with van der Waals surface area (Å²) in [5.74, 6) is 0.0292. The Labute approximate surface area is 70.0 Å². The SMILES string of the molecule is OCc1cccc(CNO)c1O. The smallest absolute Gasteiger partial charge is 0.125 e. The maximum atomic E-state index is 9.41. The van der Waals surface area contributed by atoms with Gasteiger partial charge in [0.1, 0.15) is 5.75 Å². The van der Waals surface area contributed by atoms with Gasteiger partial charge in [-0.25, -0.2) is 5.48 Å². The molecule has 12 heavy (non-hydrogen) atoms. The van der Waals surface area contributed by atoms with Crippen molar-refractivity contribution in [2.45, 2.75) is 13.2 Å². The number of aromatic hydroxyl groups is 1. The minimum absolute atomic E-state index is 0.0292. The van der Waals surface area contributed by atoms with Gasteiger partial charge in [-0.1, -0.05) is 18.2 Å². The average Bonchev–Trinajstić information content (AvgIpc) is 2.09. The van der Waals surface area contributed by atoms with Gasteiger partial charge in [-0.2, -0.15) is 0 Å². The molecule has 4 N–H and O–H groups in total. The number of aliphatic hydroxyl groups is 1. The van der Waals surface area contributed by atoms with Crippen molar-refractivity contribution in [2.75, 3.05) is 0 Å². The van der Waals surface area contributed by atoms with Crippen molar-refractivity contribution in [1.29, 1.82) is 0 Å². The fraction of sp³-hybridized carbons (Fsp3) is 0.250. The van der Waals surface area contributed by atoms with Crippen molar-refractivity contribution in [3.05, 3.63) is 29.3 Å². The molecule has 0 fully saturated rings. The Hall–Kier alpha value is -1.10. The summed E-state index contributed by atoms with van der Waals surface area (Å²) >= 11 is 0. The van der Waals surface area contributed by atoms with E-state index < -0.39 is 0 Å². The first-order chi connectivity index (χ1) is 5.79. The normalized spacial score (nSPS) is 10.2. The molecule has 1 aromatic rings. The maximum absolute atomic E-state index is 9.41. The van der Waals surface area contributed by atoms with E-state index in [9.17, 15) is 5.11 Å². The fourth-order valence-electron chi connectivity index (χ4n) is 1.000. The number of phenols is 1. The lowest BCUT2D eigenvalue weighted by Gasteiger charge is -2.06. The zero-order chi connectivity index (χ0) is 8.97. The number of benzene rings is 1. The van der Waals surface area contributed by atoms with E-state index in [0.29, 0.717) is 11.1 Å². The molecule has 4 nitrogen and oxygen atoms in total. The van der Waals surface area contributed by atoms with Crippen molar-refractivity contribution in [2.24, 2.45) is 0 Å². The molecule has 0 aliphatic heterocycles. The van der Waals surface area contributed by atoms with Crippen LogP contribution in [0, 0.1) is 0 Å². The van der Waals surface area contributed by atoms with E-state index in [-0.39, 0.29) is 18.9 Å². The topological polar surface area (TPSA) is 72.7 Å². The summed E-state index contributed by atoms with van der Waals surface area (Å²) in [7, 11) is 0. The highest BCUT2D eigenvalue weighted by molar-refractivity contribution is 5.39. The number of aliphatic hydroxyl groups excluding tert-OH is 1. The summed E-state index contributed by atoms with van der Waals surface area (Å²) in [6.07, 6.45) is 0. The number of hydrogen-bond donors (Lipinski definition) is 4. The van der Waals surface area contributed by atoms with Crippen LogP contribution in [0.4, 0.5) is 0 Å². The average molecular weight is 169 g/mol. The third-order valence-electron chi connectivity index (χ3n) is 1.64.